The van der Waals surface area contributed by atoms with Gasteiger partial charge in [-0.05, 0) is 57.4 Å². The molecule has 1 saturated carbocycles. The number of carbonyl (C=O) groups is 1. The van der Waals surface area contributed by atoms with Gasteiger partial charge in [-0.25, -0.2) is 0 Å². The maximum Gasteiger partial charge on any atom is 0.309 e. The predicted octanol–water partition coefficient (Wildman–Crippen LogP) is 3.37. The molecule has 5 aliphatic rings. The number of esters is 1. The van der Waals surface area contributed by atoms with Crippen molar-refractivity contribution in [2.45, 2.75) is 64.6 Å². The van der Waals surface area contributed by atoms with Crippen LogP contribution in [0.2, 0.25) is 0 Å². The molecule has 2 aliphatic heterocycles. The summed E-state index contributed by atoms with van der Waals surface area (Å²) in [5.74, 6) is -0.0553. The molecule has 5 rings (SSSR count). The number of rotatable bonds is 2. The molecule has 2 heterocycles. The van der Waals surface area contributed by atoms with Gasteiger partial charge in [0.15, 0.2) is 5.79 Å². The van der Waals surface area contributed by atoms with Crippen molar-refractivity contribution >= 4 is 5.97 Å². The van der Waals surface area contributed by atoms with Crippen LogP contribution in [-0.4, -0.2) is 55.6 Å². The molecule has 1 N–H and O–H groups in total. The van der Waals surface area contributed by atoms with Crippen molar-refractivity contribution in [1.82, 2.24) is 4.90 Å². The van der Waals surface area contributed by atoms with Crippen molar-refractivity contribution in [2.24, 2.45) is 34.5 Å². The van der Waals surface area contributed by atoms with Crippen molar-refractivity contribution in [3.8, 4) is 0 Å². The highest BCUT2D eigenvalue weighted by molar-refractivity contribution is 5.75. The molecule has 2 spiro atoms. The molecule has 2 bridgehead atoms. The first-order valence-corrected chi connectivity index (χ1v) is 11.6. The second-order valence-electron chi connectivity index (χ2n) is 11.0. The fourth-order valence-corrected chi connectivity index (χ4v) is 8.17. The lowest BCUT2D eigenvalue weighted by Gasteiger charge is -2.62. The highest BCUT2D eigenvalue weighted by Gasteiger charge is 2.69. The molecule has 29 heavy (non-hydrogen) atoms. The Bertz CT molecular complexity index is 735. The Hall–Kier alpha value is -0.910. The first-order valence-electron chi connectivity index (χ1n) is 11.6. The Balaban J connectivity index is 1.62. The molecule has 5 heteroatoms. The van der Waals surface area contributed by atoms with E-state index >= 15 is 0 Å². The van der Waals surface area contributed by atoms with Crippen LogP contribution in [0.1, 0.15) is 58.8 Å². The van der Waals surface area contributed by atoms with Crippen LogP contribution in [-0.2, 0) is 14.3 Å². The number of ether oxygens (including phenoxy) is 2. The molecule has 0 radical (unpaired) electrons. The number of carbonyl (C=O) groups excluding carboxylic acids is 1. The monoisotopic (exact) mass is 403 g/mol. The third-order valence-corrected chi connectivity index (χ3v) is 9.59. The minimum Gasteiger partial charge on any atom is -0.469 e. The summed E-state index contributed by atoms with van der Waals surface area (Å²) in [6.07, 6.45) is 7.24. The van der Waals surface area contributed by atoms with E-state index < -0.39 is 5.79 Å². The Kier molecular flexibility index (Phi) is 4.52. The fraction of sp³-hybridized carbons (Fsp3) is 0.875. The van der Waals surface area contributed by atoms with E-state index in [1.54, 1.807) is 11.1 Å². The van der Waals surface area contributed by atoms with E-state index in [1.165, 1.54) is 20.0 Å². The smallest absolute Gasteiger partial charge is 0.309 e. The van der Waals surface area contributed by atoms with Gasteiger partial charge >= 0.3 is 5.97 Å². The van der Waals surface area contributed by atoms with E-state index in [0.29, 0.717) is 24.9 Å². The summed E-state index contributed by atoms with van der Waals surface area (Å²) >= 11 is 0. The average Bonchev–Trinajstić information content (AvgIpc) is 3.23. The quantitative estimate of drug-likeness (QED) is 0.566. The standard InChI is InChI=1S/C24H37NO4/c1-15(2)24(27)10-9-22(14-29-24)17-7-5-16-6-8-18-19(21(26)28-4)11-23(22,20(16)18)13-25(3)12-17/h15,17-19,27H,5-14H2,1-4H3/t17-,18-,19-,22-,23-,24+/m1/s1. The Morgan fingerprint density at radius 1 is 1.28 bits per heavy atom. The van der Waals surface area contributed by atoms with Crippen molar-refractivity contribution in [2.75, 3.05) is 33.9 Å². The first-order chi connectivity index (χ1) is 13.8. The van der Waals surface area contributed by atoms with Crippen molar-refractivity contribution in [3.05, 3.63) is 11.1 Å². The summed E-state index contributed by atoms with van der Waals surface area (Å²) < 4.78 is 11.6. The Morgan fingerprint density at radius 3 is 2.69 bits per heavy atom. The minimum atomic E-state index is -1.01. The van der Waals surface area contributed by atoms with Gasteiger partial charge in [0.1, 0.15) is 0 Å². The zero-order valence-corrected chi connectivity index (χ0v) is 18.5. The molecular formula is C24H37NO4. The van der Waals surface area contributed by atoms with Gasteiger partial charge < -0.3 is 19.5 Å². The second kappa shape index (κ2) is 6.54. The zero-order chi connectivity index (χ0) is 20.6. The van der Waals surface area contributed by atoms with E-state index in [-0.39, 0.29) is 28.6 Å². The minimum absolute atomic E-state index is 0.00513. The molecule has 162 valence electrons. The SMILES string of the molecule is COC(=O)[C@@H]1C[C@@]23CN(C)C[C@@H](CCC4=C2[C@@H]1CC4)[C@]31CC[C@@](O)(C(C)C)OC1. The Labute approximate surface area is 174 Å². The van der Waals surface area contributed by atoms with Gasteiger partial charge in [-0.15, -0.1) is 0 Å². The number of allylic oxidation sites excluding steroid dienone is 1. The fourth-order valence-electron chi connectivity index (χ4n) is 8.17. The van der Waals surface area contributed by atoms with Crippen LogP contribution in [0.25, 0.3) is 0 Å². The van der Waals surface area contributed by atoms with Crippen LogP contribution in [0.5, 0.6) is 0 Å². The van der Waals surface area contributed by atoms with Crippen LogP contribution in [0, 0.1) is 34.5 Å². The van der Waals surface area contributed by atoms with Crippen LogP contribution in [0.15, 0.2) is 11.1 Å². The van der Waals surface area contributed by atoms with Gasteiger partial charge in [-0.2, -0.15) is 0 Å². The number of methoxy groups -OCH3 is 1. The molecule has 6 atom stereocenters. The topological polar surface area (TPSA) is 59.0 Å². The van der Waals surface area contributed by atoms with Gasteiger partial charge in [0.25, 0.3) is 0 Å². The van der Waals surface area contributed by atoms with Crippen LogP contribution in [0.4, 0.5) is 0 Å². The predicted molar refractivity (Wildman–Crippen MR) is 110 cm³/mol. The summed E-state index contributed by atoms with van der Waals surface area (Å²) in [7, 11) is 3.78. The number of hydrogen-bond acceptors (Lipinski definition) is 5. The third kappa shape index (κ3) is 2.53. The summed E-state index contributed by atoms with van der Waals surface area (Å²) in [6, 6.07) is 0. The molecule has 2 saturated heterocycles. The molecular weight excluding hydrogens is 366 g/mol. The maximum atomic E-state index is 12.8. The van der Waals surface area contributed by atoms with Gasteiger partial charge in [-0.1, -0.05) is 25.0 Å². The molecule has 3 aliphatic carbocycles. The normalized spacial score (nSPS) is 46.9. The summed E-state index contributed by atoms with van der Waals surface area (Å²) in [4.78, 5) is 15.3. The van der Waals surface area contributed by atoms with Gasteiger partial charge in [0.2, 0.25) is 0 Å². The van der Waals surface area contributed by atoms with Crippen LogP contribution < -0.4 is 0 Å². The molecule has 3 fully saturated rings. The zero-order valence-electron chi connectivity index (χ0n) is 18.5. The highest BCUT2D eigenvalue weighted by atomic mass is 16.6. The van der Waals surface area contributed by atoms with Crippen molar-refractivity contribution in [3.63, 3.8) is 0 Å². The van der Waals surface area contributed by atoms with Crippen LogP contribution in [0.3, 0.4) is 0 Å². The van der Waals surface area contributed by atoms with Gasteiger partial charge in [0.05, 0.1) is 19.6 Å². The Morgan fingerprint density at radius 2 is 2.03 bits per heavy atom. The van der Waals surface area contributed by atoms with E-state index in [4.69, 9.17) is 9.47 Å². The van der Waals surface area contributed by atoms with Crippen LogP contribution >= 0.6 is 0 Å². The number of piperidine rings is 1. The summed E-state index contributed by atoms with van der Waals surface area (Å²) in [5, 5.41) is 11.1. The van der Waals surface area contributed by atoms with Crippen molar-refractivity contribution in [1.29, 1.82) is 0 Å². The van der Waals surface area contributed by atoms with E-state index in [2.05, 4.69) is 25.8 Å². The highest BCUT2D eigenvalue weighted by Crippen LogP contribution is 2.71. The van der Waals surface area contributed by atoms with E-state index in [0.717, 1.165) is 38.8 Å². The lowest BCUT2D eigenvalue weighted by Crippen LogP contribution is -2.64. The van der Waals surface area contributed by atoms with E-state index in [1.807, 2.05) is 0 Å². The number of nitrogens with zero attached hydrogens (tertiary/aromatic N) is 1. The number of hydrogen-bond donors (Lipinski definition) is 1. The number of likely N-dealkylation sites (tertiary alicyclic amines) is 1. The van der Waals surface area contributed by atoms with Crippen molar-refractivity contribution < 1.29 is 19.4 Å². The number of aliphatic hydroxyl groups is 1. The first kappa shape index (κ1) is 20.0. The largest absolute Gasteiger partial charge is 0.469 e. The lowest BCUT2D eigenvalue weighted by molar-refractivity contribution is -0.300. The lowest BCUT2D eigenvalue weighted by atomic mass is 9.50. The maximum absolute atomic E-state index is 12.8. The second-order valence-corrected chi connectivity index (χ2v) is 11.0. The van der Waals surface area contributed by atoms with E-state index in [9.17, 15) is 9.90 Å². The summed E-state index contributed by atoms with van der Waals surface area (Å²) in [5.41, 5.74) is 3.28. The average molecular weight is 404 g/mol. The van der Waals surface area contributed by atoms with Gasteiger partial charge in [-0.3, -0.25) is 4.79 Å². The molecule has 5 nitrogen and oxygen atoms in total. The molecule has 0 amide bonds. The molecule has 0 aromatic rings. The van der Waals surface area contributed by atoms with Gasteiger partial charge in [0, 0.05) is 36.3 Å². The summed E-state index contributed by atoms with van der Waals surface area (Å²) in [6.45, 7) is 6.83. The molecule has 0 unspecified atom stereocenters. The third-order valence-electron chi connectivity index (χ3n) is 9.59. The molecule has 0 aromatic heterocycles. The molecule has 0 aromatic carbocycles.